The molecular weight excluding hydrogens is 228 g/mol. The van der Waals surface area contributed by atoms with Crippen LogP contribution in [-0.2, 0) is 4.79 Å². The van der Waals surface area contributed by atoms with Gasteiger partial charge in [0.2, 0.25) is 0 Å². The molecule has 0 aliphatic heterocycles. The number of aliphatic carboxylic acids is 1. The Morgan fingerprint density at radius 2 is 1.82 bits per heavy atom. The Kier molecular flexibility index (Phi) is 4.29. The van der Waals surface area contributed by atoms with Gasteiger partial charge < -0.3 is 5.11 Å². The van der Waals surface area contributed by atoms with Gasteiger partial charge in [0.05, 0.1) is 8.07 Å². The number of carbonyl (C=O) groups is 1. The van der Waals surface area contributed by atoms with Crippen LogP contribution >= 0.6 is 0 Å². The first-order valence-corrected chi connectivity index (χ1v) is 8.94. The van der Waals surface area contributed by atoms with E-state index < -0.39 is 14.0 Å². The molecular formula is C14H20O2Si. The molecule has 0 bridgehead atoms. The van der Waals surface area contributed by atoms with Crippen molar-refractivity contribution in [2.24, 2.45) is 0 Å². The average molecular weight is 248 g/mol. The highest BCUT2D eigenvalue weighted by atomic mass is 28.3. The number of benzene rings is 1. The molecule has 0 aliphatic carbocycles. The summed E-state index contributed by atoms with van der Waals surface area (Å²) in [5.74, 6) is -0.795. The van der Waals surface area contributed by atoms with E-state index in [9.17, 15) is 9.90 Å². The third kappa shape index (κ3) is 2.85. The Labute approximate surface area is 104 Å². The zero-order valence-corrected chi connectivity index (χ0v) is 11.9. The van der Waals surface area contributed by atoms with Gasteiger partial charge in [-0.2, -0.15) is 0 Å². The van der Waals surface area contributed by atoms with Gasteiger partial charge in [-0.05, 0) is 12.5 Å². The molecule has 1 rings (SSSR count). The van der Waals surface area contributed by atoms with E-state index in [1.165, 1.54) is 5.19 Å². The summed E-state index contributed by atoms with van der Waals surface area (Å²) in [6.45, 7) is 8.27. The monoisotopic (exact) mass is 248 g/mol. The number of allylic oxidation sites excluding steroid dienone is 1. The molecule has 1 unspecified atom stereocenters. The van der Waals surface area contributed by atoms with Crippen LogP contribution in [0.5, 0.6) is 0 Å². The molecule has 1 aromatic rings. The van der Waals surface area contributed by atoms with Crippen LogP contribution in [0.15, 0.2) is 42.0 Å². The Balaban J connectivity index is 3.10. The molecule has 1 atom stereocenters. The second kappa shape index (κ2) is 5.32. The number of carboxylic acids is 1. The minimum Gasteiger partial charge on any atom is -0.478 e. The summed E-state index contributed by atoms with van der Waals surface area (Å²) < 4.78 is 0. The molecule has 92 valence electrons. The van der Waals surface area contributed by atoms with Crippen molar-refractivity contribution >= 4 is 19.2 Å². The maximum absolute atomic E-state index is 11.2. The Bertz CT molecular complexity index is 421. The maximum atomic E-state index is 11.2. The van der Waals surface area contributed by atoms with Crippen molar-refractivity contribution < 1.29 is 9.90 Å². The fourth-order valence-electron chi connectivity index (χ4n) is 2.07. The lowest BCUT2D eigenvalue weighted by Gasteiger charge is -2.30. The quantitative estimate of drug-likeness (QED) is 0.657. The average Bonchev–Trinajstić information content (AvgIpc) is 2.30. The molecule has 0 amide bonds. The van der Waals surface area contributed by atoms with Crippen LogP contribution in [0.1, 0.15) is 13.8 Å². The molecule has 0 aromatic heterocycles. The van der Waals surface area contributed by atoms with E-state index in [1.807, 2.05) is 25.1 Å². The molecule has 0 spiro atoms. The third-order valence-electron chi connectivity index (χ3n) is 3.62. The van der Waals surface area contributed by atoms with E-state index in [4.69, 9.17) is 0 Å². The summed E-state index contributed by atoms with van der Waals surface area (Å²) in [4.78, 5) is 11.2. The normalized spacial score (nSPS) is 14.5. The molecule has 0 aliphatic rings. The van der Waals surface area contributed by atoms with Crippen molar-refractivity contribution in [3.63, 3.8) is 0 Å². The lowest BCUT2D eigenvalue weighted by molar-refractivity contribution is -0.132. The summed E-state index contributed by atoms with van der Waals surface area (Å²) in [6.07, 6.45) is 1.73. The van der Waals surface area contributed by atoms with Crippen molar-refractivity contribution in [1.29, 1.82) is 0 Å². The van der Waals surface area contributed by atoms with Crippen molar-refractivity contribution in [2.45, 2.75) is 32.5 Å². The Morgan fingerprint density at radius 1 is 1.29 bits per heavy atom. The minimum absolute atomic E-state index is 0.104. The van der Waals surface area contributed by atoms with Crippen LogP contribution in [0.25, 0.3) is 0 Å². The van der Waals surface area contributed by atoms with Gasteiger partial charge in [-0.3, -0.25) is 0 Å². The molecule has 3 heteroatoms. The lowest BCUT2D eigenvalue weighted by Crippen LogP contribution is -2.46. The smallest absolute Gasteiger partial charge is 0.331 e. The van der Waals surface area contributed by atoms with Crippen molar-refractivity contribution in [1.82, 2.24) is 0 Å². The first-order chi connectivity index (χ1) is 7.91. The van der Waals surface area contributed by atoms with Gasteiger partial charge in [-0.15, -0.1) is 0 Å². The van der Waals surface area contributed by atoms with Crippen LogP contribution in [-0.4, -0.2) is 19.1 Å². The van der Waals surface area contributed by atoms with Crippen molar-refractivity contribution in [3.8, 4) is 0 Å². The summed E-state index contributed by atoms with van der Waals surface area (Å²) in [7, 11) is -1.78. The summed E-state index contributed by atoms with van der Waals surface area (Å²) in [6, 6.07) is 10.3. The van der Waals surface area contributed by atoms with Crippen LogP contribution in [0.2, 0.25) is 18.6 Å². The van der Waals surface area contributed by atoms with E-state index in [1.54, 1.807) is 13.0 Å². The largest absolute Gasteiger partial charge is 0.478 e. The van der Waals surface area contributed by atoms with Crippen molar-refractivity contribution in [3.05, 3.63) is 42.0 Å². The van der Waals surface area contributed by atoms with E-state index in [0.717, 1.165) is 0 Å². The predicted octanol–water partition coefficient (Wildman–Crippen LogP) is 3.02. The maximum Gasteiger partial charge on any atom is 0.331 e. The van der Waals surface area contributed by atoms with Gasteiger partial charge in [0.1, 0.15) is 0 Å². The number of carboxylic acid groups (broad SMARTS) is 1. The Morgan fingerprint density at radius 3 is 2.24 bits per heavy atom. The molecule has 2 nitrogen and oxygen atoms in total. The third-order valence-corrected chi connectivity index (χ3v) is 7.92. The highest BCUT2D eigenvalue weighted by Gasteiger charge is 2.34. The van der Waals surface area contributed by atoms with E-state index in [-0.39, 0.29) is 5.54 Å². The summed E-state index contributed by atoms with van der Waals surface area (Å²) in [5.41, 5.74) is 0.637. The molecule has 0 radical (unpaired) electrons. The SMILES string of the molecule is CC=C(C(=O)O)C(C)[Si](C)(C)c1ccccc1. The molecule has 0 saturated carbocycles. The van der Waals surface area contributed by atoms with Crippen molar-refractivity contribution in [2.75, 3.05) is 0 Å². The molecule has 17 heavy (non-hydrogen) atoms. The highest BCUT2D eigenvalue weighted by molar-refractivity contribution is 6.91. The Hall–Kier alpha value is -1.35. The lowest BCUT2D eigenvalue weighted by atomic mass is 10.2. The van der Waals surface area contributed by atoms with Gasteiger partial charge in [0, 0.05) is 5.57 Å². The fraction of sp³-hybridized carbons (Fsp3) is 0.357. The summed E-state index contributed by atoms with van der Waals surface area (Å²) >= 11 is 0. The topological polar surface area (TPSA) is 37.3 Å². The summed E-state index contributed by atoms with van der Waals surface area (Å²) in [5, 5.41) is 10.5. The van der Waals surface area contributed by atoms with Gasteiger partial charge in [0.15, 0.2) is 0 Å². The second-order valence-electron chi connectivity index (χ2n) is 4.86. The fourth-order valence-corrected chi connectivity index (χ4v) is 4.68. The highest BCUT2D eigenvalue weighted by Crippen LogP contribution is 2.29. The van der Waals surface area contributed by atoms with Gasteiger partial charge in [0.25, 0.3) is 0 Å². The molecule has 1 N–H and O–H groups in total. The number of hydrogen-bond donors (Lipinski definition) is 1. The number of hydrogen-bond acceptors (Lipinski definition) is 1. The minimum atomic E-state index is -1.78. The first-order valence-electron chi connectivity index (χ1n) is 5.86. The second-order valence-corrected chi connectivity index (χ2v) is 9.75. The van der Waals surface area contributed by atoms with E-state index in [2.05, 4.69) is 25.2 Å². The molecule has 0 saturated heterocycles. The first kappa shape index (κ1) is 13.7. The van der Waals surface area contributed by atoms with E-state index >= 15 is 0 Å². The predicted molar refractivity (Wildman–Crippen MR) is 74.4 cm³/mol. The molecule has 0 fully saturated rings. The van der Waals surface area contributed by atoms with Crippen LogP contribution in [0.4, 0.5) is 0 Å². The van der Waals surface area contributed by atoms with Crippen LogP contribution in [0, 0.1) is 0 Å². The van der Waals surface area contributed by atoms with Gasteiger partial charge >= 0.3 is 5.97 Å². The zero-order valence-electron chi connectivity index (χ0n) is 10.9. The zero-order chi connectivity index (χ0) is 13.1. The standard InChI is InChI=1S/C14H20O2Si/c1-5-13(14(15)16)11(2)17(3,4)12-9-7-6-8-10-12/h5-11H,1-4H3,(H,15,16). The van der Waals surface area contributed by atoms with Gasteiger partial charge in [-0.1, -0.05) is 61.6 Å². The molecule has 1 aromatic carbocycles. The molecule has 0 heterocycles. The van der Waals surface area contributed by atoms with E-state index in [0.29, 0.717) is 5.57 Å². The van der Waals surface area contributed by atoms with Gasteiger partial charge in [-0.25, -0.2) is 4.79 Å². The van der Waals surface area contributed by atoms with Crippen LogP contribution in [0.3, 0.4) is 0 Å². The number of rotatable bonds is 4. The van der Waals surface area contributed by atoms with Crippen LogP contribution < -0.4 is 5.19 Å².